The Balaban J connectivity index is 1.46. The van der Waals surface area contributed by atoms with Crippen molar-refractivity contribution in [2.24, 2.45) is 11.8 Å². The molecule has 1 aliphatic rings. The molecule has 0 bridgehead atoms. The van der Waals surface area contributed by atoms with Crippen molar-refractivity contribution in [1.82, 2.24) is 0 Å². The van der Waals surface area contributed by atoms with Crippen LogP contribution in [-0.4, -0.2) is 5.97 Å². The zero-order valence-corrected chi connectivity index (χ0v) is 20.9. The first-order valence-corrected chi connectivity index (χ1v) is 13.1. The second-order valence-corrected chi connectivity index (χ2v) is 9.39. The summed E-state index contributed by atoms with van der Waals surface area (Å²) in [5, 5.41) is 0. The molecule has 0 spiro atoms. The fourth-order valence-electron chi connectivity index (χ4n) is 4.39. The highest BCUT2D eigenvalue weighted by Gasteiger charge is 2.27. The quantitative estimate of drug-likeness (QED) is 0.175. The number of carbonyl (C=O) groups excluding carboxylic acids is 1. The molecular weight excluding hydrogens is 416 g/mol. The van der Waals surface area contributed by atoms with Gasteiger partial charge in [-0.05, 0) is 86.6 Å². The minimum atomic E-state index is -0.0799. The van der Waals surface area contributed by atoms with Gasteiger partial charge < -0.3 is 4.74 Å². The van der Waals surface area contributed by atoms with Crippen molar-refractivity contribution < 1.29 is 9.53 Å². The lowest BCUT2D eigenvalue weighted by Crippen LogP contribution is -2.25. The van der Waals surface area contributed by atoms with E-state index in [0.717, 1.165) is 61.1 Å². The van der Waals surface area contributed by atoms with E-state index in [2.05, 4.69) is 37.5 Å². The second kappa shape index (κ2) is 14.3. The number of hydrogen-bond acceptors (Lipinski definition) is 2. The van der Waals surface area contributed by atoms with Gasteiger partial charge in [0.15, 0.2) is 0 Å². The lowest BCUT2D eigenvalue weighted by molar-refractivity contribution is -0.140. The van der Waals surface area contributed by atoms with Crippen LogP contribution in [0.2, 0.25) is 0 Å². The molecule has 1 aliphatic carbocycles. The minimum Gasteiger partial charge on any atom is -0.426 e. The molecule has 2 aromatic rings. The van der Waals surface area contributed by atoms with Gasteiger partial charge in [0.1, 0.15) is 5.75 Å². The average Bonchev–Trinajstić information content (AvgIpc) is 2.87. The van der Waals surface area contributed by atoms with E-state index in [1.807, 2.05) is 48.5 Å². The maximum Gasteiger partial charge on any atom is 0.314 e. The summed E-state index contributed by atoms with van der Waals surface area (Å²) >= 11 is 0. The Labute approximate surface area is 206 Å². The molecule has 1 saturated carbocycles. The van der Waals surface area contributed by atoms with Crippen molar-refractivity contribution in [3.05, 3.63) is 65.2 Å². The molecule has 178 valence electrons. The molecule has 0 unspecified atom stereocenters. The lowest BCUT2D eigenvalue weighted by Gasteiger charge is -2.27. The first-order valence-electron chi connectivity index (χ1n) is 13.1. The molecule has 2 aromatic carbocycles. The maximum atomic E-state index is 12.6. The topological polar surface area (TPSA) is 26.3 Å². The van der Waals surface area contributed by atoms with Gasteiger partial charge >= 0.3 is 5.97 Å². The SMILES string of the molecule is CCCCC#Cc1ccc(C#Cc2ccc(OC(=O)[C@H]3CC[C@H](CCCCC)CC3)cc2)cc1. The predicted octanol–water partition coefficient (Wildman–Crippen LogP) is 7.92. The third-order valence-corrected chi connectivity index (χ3v) is 6.59. The lowest BCUT2D eigenvalue weighted by atomic mass is 9.80. The first kappa shape index (κ1) is 25.6. The molecule has 0 amide bonds. The van der Waals surface area contributed by atoms with Crippen LogP contribution in [0.4, 0.5) is 0 Å². The van der Waals surface area contributed by atoms with Gasteiger partial charge in [-0.1, -0.05) is 69.6 Å². The number of benzene rings is 2. The number of rotatable bonds is 8. The average molecular weight is 455 g/mol. The van der Waals surface area contributed by atoms with Gasteiger partial charge in [-0.2, -0.15) is 0 Å². The first-order chi connectivity index (χ1) is 16.7. The molecule has 1 fully saturated rings. The van der Waals surface area contributed by atoms with Crippen LogP contribution in [0.5, 0.6) is 5.75 Å². The van der Waals surface area contributed by atoms with Gasteiger partial charge in [0.05, 0.1) is 5.92 Å². The fourth-order valence-corrected chi connectivity index (χ4v) is 4.39. The van der Waals surface area contributed by atoms with Crippen LogP contribution in [-0.2, 0) is 4.79 Å². The smallest absolute Gasteiger partial charge is 0.314 e. The van der Waals surface area contributed by atoms with Crippen LogP contribution in [0, 0.1) is 35.5 Å². The zero-order valence-electron chi connectivity index (χ0n) is 20.9. The molecule has 3 rings (SSSR count). The van der Waals surface area contributed by atoms with Crippen LogP contribution >= 0.6 is 0 Å². The van der Waals surface area contributed by atoms with Crippen molar-refractivity contribution in [3.8, 4) is 29.4 Å². The Bertz CT molecular complexity index is 1000. The summed E-state index contributed by atoms with van der Waals surface area (Å²) < 4.78 is 5.67. The van der Waals surface area contributed by atoms with Crippen LogP contribution in [0.3, 0.4) is 0 Å². The highest BCUT2D eigenvalue weighted by Crippen LogP contribution is 2.33. The van der Waals surface area contributed by atoms with Crippen LogP contribution in [0.1, 0.15) is 101 Å². The molecule has 2 nitrogen and oxygen atoms in total. The van der Waals surface area contributed by atoms with E-state index < -0.39 is 0 Å². The van der Waals surface area contributed by atoms with Crippen molar-refractivity contribution >= 4 is 5.97 Å². The van der Waals surface area contributed by atoms with Crippen LogP contribution in [0.15, 0.2) is 48.5 Å². The van der Waals surface area contributed by atoms with Gasteiger partial charge in [-0.15, -0.1) is 0 Å². The van der Waals surface area contributed by atoms with Crippen LogP contribution < -0.4 is 4.74 Å². The molecule has 0 aliphatic heterocycles. The third-order valence-electron chi connectivity index (χ3n) is 6.59. The van der Waals surface area contributed by atoms with Crippen molar-refractivity contribution in [1.29, 1.82) is 0 Å². The normalized spacial score (nSPS) is 17.1. The predicted molar refractivity (Wildman–Crippen MR) is 140 cm³/mol. The van der Waals surface area contributed by atoms with Gasteiger partial charge in [0, 0.05) is 23.1 Å². The second-order valence-electron chi connectivity index (χ2n) is 9.39. The van der Waals surface area contributed by atoms with Gasteiger partial charge in [0.2, 0.25) is 0 Å². The van der Waals surface area contributed by atoms with Gasteiger partial charge in [-0.25, -0.2) is 0 Å². The summed E-state index contributed by atoms with van der Waals surface area (Å²) in [7, 11) is 0. The molecule has 0 saturated heterocycles. The number of esters is 1. The Morgan fingerprint density at radius 2 is 1.32 bits per heavy atom. The van der Waals surface area contributed by atoms with Gasteiger partial charge in [0.25, 0.3) is 0 Å². The van der Waals surface area contributed by atoms with Gasteiger partial charge in [-0.3, -0.25) is 4.79 Å². The largest absolute Gasteiger partial charge is 0.426 e. The summed E-state index contributed by atoms with van der Waals surface area (Å²) in [6, 6.07) is 15.5. The monoisotopic (exact) mass is 454 g/mol. The third kappa shape index (κ3) is 8.76. The number of hydrogen-bond donors (Lipinski definition) is 0. The van der Waals surface area contributed by atoms with E-state index in [-0.39, 0.29) is 11.9 Å². The van der Waals surface area contributed by atoms with Crippen molar-refractivity contribution in [2.45, 2.75) is 84.5 Å². The molecule has 0 aromatic heterocycles. The molecule has 0 atom stereocenters. The fraction of sp³-hybridized carbons (Fsp3) is 0.469. The minimum absolute atomic E-state index is 0.0428. The van der Waals surface area contributed by atoms with E-state index >= 15 is 0 Å². The molecule has 34 heavy (non-hydrogen) atoms. The molecule has 0 radical (unpaired) electrons. The van der Waals surface area contributed by atoms with Crippen LogP contribution in [0.25, 0.3) is 0 Å². The molecule has 2 heteroatoms. The van der Waals surface area contributed by atoms with E-state index in [1.54, 1.807) is 0 Å². The van der Waals surface area contributed by atoms with E-state index in [9.17, 15) is 4.79 Å². The zero-order chi connectivity index (χ0) is 24.0. The van der Waals surface area contributed by atoms with E-state index in [4.69, 9.17) is 4.74 Å². The summed E-state index contributed by atoms with van der Waals surface area (Å²) in [5.41, 5.74) is 2.88. The Hall–Kier alpha value is -2.97. The Kier molecular flexibility index (Phi) is 10.8. The maximum absolute atomic E-state index is 12.6. The Morgan fingerprint density at radius 1 is 0.765 bits per heavy atom. The summed E-state index contributed by atoms with van der Waals surface area (Å²) in [6.45, 7) is 4.42. The summed E-state index contributed by atoms with van der Waals surface area (Å²) in [5.74, 6) is 14.1. The van der Waals surface area contributed by atoms with Crippen molar-refractivity contribution in [3.63, 3.8) is 0 Å². The number of unbranched alkanes of at least 4 members (excludes halogenated alkanes) is 4. The van der Waals surface area contributed by atoms with Crippen molar-refractivity contribution in [2.75, 3.05) is 0 Å². The number of carbonyl (C=O) groups is 1. The highest BCUT2D eigenvalue weighted by atomic mass is 16.5. The molecular formula is C32H38O2. The Morgan fingerprint density at radius 3 is 1.91 bits per heavy atom. The van der Waals surface area contributed by atoms with E-state index in [0.29, 0.717) is 5.75 Å². The molecule has 0 N–H and O–H groups in total. The standard InChI is InChI=1S/C32H38O2/c1-3-5-7-9-11-26-12-14-28(15-13-26)16-17-29-20-24-31(25-21-29)34-32(33)30-22-18-27(19-23-30)10-8-6-4-2/h12-15,20-21,24-25,27,30H,3-8,10,18-19,22-23H2,1-2H3/t27-,30-. The number of ether oxygens (including phenoxy) is 1. The summed E-state index contributed by atoms with van der Waals surface area (Å²) in [6.07, 6.45) is 12.7. The highest BCUT2D eigenvalue weighted by molar-refractivity contribution is 5.75. The molecule has 0 heterocycles. The van der Waals surface area contributed by atoms with E-state index in [1.165, 1.54) is 32.1 Å². The summed E-state index contributed by atoms with van der Waals surface area (Å²) in [4.78, 5) is 12.6.